The van der Waals surface area contributed by atoms with Crippen LogP contribution < -0.4 is 11.1 Å². The van der Waals surface area contributed by atoms with Crippen molar-refractivity contribution in [2.24, 2.45) is 11.7 Å². The third kappa shape index (κ3) is 5.79. The molecule has 3 aromatic rings. The highest BCUT2D eigenvalue weighted by atomic mass is 32.1. The molecule has 3 heterocycles. The lowest BCUT2D eigenvalue weighted by atomic mass is 10.0. The largest absolute Gasteiger partial charge is 0.388 e. The molecule has 2 atom stereocenters. The van der Waals surface area contributed by atoms with Gasteiger partial charge in [0.05, 0.1) is 37.2 Å². The molecule has 0 bridgehead atoms. The van der Waals surface area contributed by atoms with Crippen molar-refractivity contribution in [3.63, 3.8) is 0 Å². The minimum atomic E-state index is -0.723. The second-order valence-corrected chi connectivity index (χ2v) is 9.32. The molecule has 2 unspecified atom stereocenters. The van der Waals surface area contributed by atoms with E-state index in [4.69, 9.17) is 15.2 Å². The summed E-state index contributed by atoms with van der Waals surface area (Å²) < 4.78 is 26.0. The highest BCUT2D eigenvalue weighted by Crippen LogP contribution is 2.38. The van der Waals surface area contributed by atoms with Crippen molar-refractivity contribution >= 4 is 28.1 Å². The number of benzene rings is 1. The van der Waals surface area contributed by atoms with Crippen molar-refractivity contribution in [3.05, 3.63) is 65.1 Å². The van der Waals surface area contributed by atoms with Gasteiger partial charge in [-0.2, -0.15) is 0 Å². The van der Waals surface area contributed by atoms with Crippen molar-refractivity contribution in [2.45, 2.75) is 32.5 Å². The first-order valence-electron chi connectivity index (χ1n) is 11.2. The van der Waals surface area contributed by atoms with E-state index in [1.807, 2.05) is 19.1 Å². The quantitative estimate of drug-likeness (QED) is 0.381. The molecule has 0 saturated carbocycles. The van der Waals surface area contributed by atoms with E-state index in [2.05, 4.69) is 10.3 Å². The van der Waals surface area contributed by atoms with Gasteiger partial charge in [-0.1, -0.05) is 25.1 Å². The molecule has 180 valence electrons. The molecule has 1 aromatic carbocycles. The summed E-state index contributed by atoms with van der Waals surface area (Å²) >= 11 is 1.21. The Balaban J connectivity index is 1.51. The van der Waals surface area contributed by atoms with E-state index in [0.717, 1.165) is 25.3 Å². The zero-order chi connectivity index (χ0) is 24.1. The van der Waals surface area contributed by atoms with Gasteiger partial charge in [0, 0.05) is 23.0 Å². The van der Waals surface area contributed by atoms with Gasteiger partial charge >= 0.3 is 0 Å². The molecule has 0 aliphatic carbocycles. The summed E-state index contributed by atoms with van der Waals surface area (Å²) in [5.74, 6) is -0.146. The van der Waals surface area contributed by atoms with Crippen LogP contribution in [-0.4, -0.2) is 35.8 Å². The number of aromatic nitrogens is 1. The van der Waals surface area contributed by atoms with Crippen LogP contribution in [-0.2, 0) is 16.1 Å². The van der Waals surface area contributed by atoms with E-state index in [-0.39, 0.29) is 5.56 Å². The molecule has 1 saturated heterocycles. The fourth-order valence-corrected chi connectivity index (χ4v) is 4.86. The SMILES string of the molecule is CCC(O)c1ccc(-c2cc(C(N)=O)c(Nc3cccc(COCC4CCOC4)n3)s2)c(F)c1. The second kappa shape index (κ2) is 11.1. The first kappa shape index (κ1) is 24.3. The zero-order valence-electron chi connectivity index (χ0n) is 18.9. The number of nitrogens with zero attached hydrogens (tertiary/aromatic N) is 1. The van der Waals surface area contributed by atoms with E-state index >= 15 is 0 Å². The number of nitrogens with two attached hydrogens (primary N) is 1. The number of nitrogens with one attached hydrogen (secondary N) is 1. The lowest BCUT2D eigenvalue weighted by molar-refractivity contribution is 0.0774. The summed E-state index contributed by atoms with van der Waals surface area (Å²) in [5.41, 5.74) is 7.43. The Morgan fingerprint density at radius 1 is 1.38 bits per heavy atom. The molecule has 7 nitrogen and oxygen atoms in total. The number of primary amides is 1. The second-order valence-electron chi connectivity index (χ2n) is 8.26. The summed E-state index contributed by atoms with van der Waals surface area (Å²) in [5, 5.41) is 13.6. The predicted octanol–water partition coefficient (Wildman–Crippen LogP) is 4.79. The van der Waals surface area contributed by atoms with Gasteiger partial charge < -0.3 is 25.6 Å². The van der Waals surface area contributed by atoms with Gasteiger partial charge in [-0.25, -0.2) is 9.37 Å². The molecule has 2 aromatic heterocycles. The predicted molar refractivity (Wildman–Crippen MR) is 130 cm³/mol. The number of ether oxygens (including phenoxy) is 2. The minimum Gasteiger partial charge on any atom is -0.388 e. The van der Waals surface area contributed by atoms with E-state index in [1.54, 1.807) is 24.3 Å². The average Bonchev–Trinajstić information content (AvgIpc) is 3.49. The smallest absolute Gasteiger partial charge is 0.251 e. The summed E-state index contributed by atoms with van der Waals surface area (Å²) in [4.78, 5) is 17.2. The van der Waals surface area contributed by atoms with Crippen LogP contribution >= 0.6 is 11.3 Å². The molecule has 34 heavy (non-hydrogen) atoms. The first-order valence-corrected chi connectivity index (χ1v) is 12.1. The van der Waals surface area contributed by atoms with Crippen LogP contribution in [0.1, 0.15) is 47.5 Å². The first-order chi connectivity index (χ1) is 16.4. The van der Waals surface area contributed by atoms with Crippen LogP contribution in [0.4, 0.5) is 15.2 Å². The Kier molecular flexibility index (Phi) is 7.89. The Morgan fingerprint density at radius 2 is 2.24 bits per heavy atom. The topological polar surface area (TPSA) is 107 Å². The number of anilines is 2. The Hall–Kier alpha value is -2.85. The van der Waals surface area contributed by atoms with Gasteiger partial charge in [0.15, 0.2) is 0 Å². The number of carbonyl (C=O) groups is 1. The molecule has 4 N–H and O–H groups in total. The molecule has 1 amide bonds. The van der Waals surface area contributed by atoms with Crippen LogP contribution in [0, 0.1) is 11.7 Å². The van der Waals surface area contributed by atoms with Crippen molar-refractivity contribution in [2.75, 3.05) is 25.1 Å². The molecule has 9 heteroatoms. The van der Waals surface area contributed by atoms with Gasteiger partial charge in [-0.3, -0.25) is 4.79 Å². The van der Waals surface area contributed by atoms with Gasteiger partial charge in [0.25, 0.3) is 5.91 Å². The summed E-state index contributed by atoms with van der Waals surface area (Å²) in [6, 6.07) is 11.7. The maximum absolute atomic E-state index is 14.8. The van der Waals surface area contributed by atoms with Crippen molar-refractivity contribution in [3.8, 4) is 10.4 Å². The average molecular weight is 486 g/mol. The number of hydrogen-bond donors (Lipinski definition) is 3. The summed E-state index contributed by atoms with van der Waals surface area (Å²) in [6.45, 7) is 4.33. The van der Waals surface area contributed by atoms with E-state index in [0.29, 0.717) is 52.4 Å². The number of halogens is 1. The molecule has 1 aliphatic heterocycles. The van der Waals surface area contributed by atoms with Crippen LogP contribution in [0.15, 0.2) is 42.5 Å². The molecule has 1 aliphatic rings. The third-order valence-corrected chi connectivity index (χ3v) is 6.79. The molecule has 1 fully saturated rings. The number of amides is 1. The lowest BCUT2D eigenvalue weighted by Gasteiger charge is -2.10. The van der Waals surface area contributed by atoms with Crippen LogP contribution in [0.2, 0.25) is 0 Å². The van der Waals surface area contributed by atoms with E-state index in [9.17, 15) is 14.3 Å². The monoisotopic (exact) mass is 485 g/mol. The van der Waals surface area contributed by atoms with Crippen molar-refractivity contribution in [1.82, 2.24) is 4.98 Å². The minimum absolute atomic E-state index is 0.252. The number of rotatable bonds is 10. The summed E-state index contributed by atoms with van der Waals surface area (Å²) in [7, 11) is 0. The molecule has 4 rings (SSSR count). The fraction of sp³-hybridized carbons (Fsp3) is 0.360. The number of hydrogen-bond acceptors (Lipinski definition) is 7. The van der Waals surface area contributed by atoms with Gasteiger partial charge in [-0.05, 0) is 42.7 Å². The normalized spacial score (nSPS) is 16.5. The fourth-order valence-electron chi connectivity index (χ4n) is 3.76. The molecular weight excluding hydrogens is 457 g/mol. The van der Waals surface area contributed by atoms with Gasteiger partial charge in [0.1, 0.15) is 16.6 Å². The van der Waals surface area contributed by atoms with Crippen LogP contribution in [0.25, 0.3) is 10.4 Å². The van der Waals surface area contributed by atoms with Gasteiger partial charge in [0.2, 0.25) is 0 Å². The van der Waals surface area contributed by atoms with Crippen LogP contribution in [0.3, 0.4) is 0 Å². The third-order valence-electron chi connectivity index (χ3n) is 5.70. The maximum Gasteiger partial charge on any atom is 0.251 e. The van der Waals surface area contributed by atoms with E-state index in [1.165, 1.54) is 17.4 Å². The Labute approximate surface area is 201 Å². The number of pyridine rings is 1. The summed E-state index contributed by atoms with van der Waals surface area (Å²) in [6.07, 6.45) is 0.775. The van der Waals surface area contributed by atoms with Crippen LogP contribution in [0.5, 0.6) is 0 Å². The standard InChI is InChI=1S/C25H28FN3O4S/c1-2-21(30)16-6-7-18(20(26)10-16)22-11-19(24(27)31)25(34-22)29-23-5-3-4-17(28-23)14-33-13-15-8-9-32-12-15/h3-7,10-11,15,21,30H,2,8-9,12-14H2,1H3,(H2,27,31)(H,28,29). The Bertz CT molecular complexity index is 1150. The zero-order valence-corrected chi connectivity index (χ0v) is 19.7. The molecular formula is C25H28FN3O4S. The number of carbonyl (C=O) groups excluding carboxylic acids is 1. The molecule has 0 spiro atoms. The van der Waals surface area contributed by atoms with Gasteiger partial charge in [-0.15, -0.1) is 11.3 Å². The number of thiophene rings is 1. The highest BCUT2D eigenvalue weighted by Gasteiger charge is 2.19. The maximum atomic E-state index is 14.8. The van der Waals surface area contributed by atoms with Crippen molar-refractivity contribution < 1.29 is 23.8 Å². The number of aliphatic hydroxyl groups is 1. The van der Waals surface area contributed by atoms with Crippen molar-refractivity contribution in [1.29, 1.82) is 0 Å². The Morgan fingerprint density at radius 3 is 2.94 bits per heavy atom. The number of aliphatic hydroxyl groups excluding tert-OH is 1. The molecule has 0 radical (unpaired) electrons. The lowest BCUT2D eigenvalue weighted by Crippen LogP contribution is -2.12. The van der Waals surface area contributed by atoms with E-state index < -0.39 is 17.8 Å². The highest BCUT2D eigenvalue weighted by molar-refractivity contribution is 7.19.